The normalized spacial score (nSPS) is 22.9. The maximum absolute atomic E-state index is 10.6. The molecule has 1 N–H and O–H groups in total. The van der Waals surface area contributed by atoms with Gasteiger partial charge in [0.2, 0.25) is 0 Å². The molecule has 3 rings (SSSR count). The number of hydrogen-bond acceptors (Lipinski definition) is 1. The first-order valence-corrected chi connectivity index (χ1v) is 8.65. The predicted molar refractivity (Wildman–Crippen MR) is 94.2 cm³/mol. The van der Waals surface area contributed by atoms with Crippen LogP contribution in [0.2, 0.25) is 0 Å². The highest BCUT2D eigenvalue weighted by Crippen LogP contribution is 2.41. The van der Waals surface area contributed by atoms with Crippen LogP contribution in [-0.4, -0.2) is 5.11 Å². The van der Waals surface area contributed by atoms with Crippen LogP contribution in [0.1, 0.15) is 52.0 Å². The minimum Gasteiger partial charge on any atom is -0.507 e. The minimum absolute atomic E-state index is 0.441. The zero-order chi connectivity index (χ0) is 15.7. The number of benzene rings is 2. The van der Waals surface area contributed by atoms with Gasteiger partial charge in [-0.15, -0.1) is 0 Å². The van der Waals surface area contributed by atoms with Crippen LogP contribution in [0.4, 0.5) is 0 Å². The van der Waals surface area contributed by atoms with Crippen molar-refractivity contribution in [3.8, 4) is 5.75 Å². The second kappa shape index (κ2) is 5.95. The highest BCUT2D eigenvalue weighted by atomic mass is 16.3. The van der Waals surface area contributed by atoms with E-state index in [-0.39, 0.29) is 0 Å². The molecule has 22 heavy (non-hydrogen) atoms. The van der Waals surface area contributed by atoms with Crippen molar-refractivity contribution < 1.29 is 5.11 Å². The average molecular weight is 296 g/mol. The Morgan fingerprint density at radius 1 is 0.955 bits per heavy atom. The summed E-state index contributed by atoms with van der Waals surface area (Å²) in [6, 6.07) is 12.4. The van der Waals surface area contributed by atoms with Crippen LogP contribution in [0.15, 0.2) is 36.4 Å². The van der Waals surface area contributed by atoms with E-state index >= 15 is 0 Å². The number of hydrogen-bond donors (Lipinski definition) is 1. The van der Waals surface area contributed by atoms with Gasteiger partial charge in [0.15, 0.2) is 0 Å². The van der Waals surface area contributed by atoms with Crippen LogP contribution in [0, 0.1) is 17.3 Å². The molecule has 0 aromatic heterocycles. The Morgan fingerprint density at radius 3 is 2.32 bits per heavy atom. The van der Waals surface area contributed by atoms with E-state index in [0.717, 1.165) is 34.6 Å². The first-order chi connectivity index (χ1) is 10.4. The lowest BCUT2D eigenvalue weighted by Gasteiger charge is -2.37. The number of fused-ring (bicyclic) bond motifs is 1. The Hall–Kier alpha value is -1.50. The van der Waals surface area contributed by atoms with Crippen molar-refractivity contribution in [2.24, 2.45) is 17.3 Å². The molecule has 2 aromatic rings. The van der Waals surface area contributed by atoms with Crippen molar-refractivity contribution in [2.75, 3.05) is 0 Å². The van der Waals surface area contributed by atoms with Crippen molar-refractivity contribution >= 4 is 10.8 Å². The molecule has 0 aliphatic heterocycles. The van der Waals surface area contributed by atoms with Crippen LogP contribution < -0.4 is 0 Å². The molecular weight excluding hydrogens is 268 g/mol. The third-order valence-electron chi connectivity index (χ3n) is 5.56. The summed E-state index contributed by atoms with van der Waals surface area (Å²) in [4.78, 5) is 0. The first-order valence-electron chi connectivity index (χ1n) is 8.65. The van der Waals surface area contributed by atoms with Gasteiger partial charge >= 0.3 is 0 Å². The molecule has 0 unspecified atom stereocenters. The summed E-state index contributed by atoms with van der Waals surface area (Å²) in [6.45, 7) is 7.10. The lowest BCUT2D eigenvalue weighted by Crippen LogP contribution is -2.26. The topological polar surface area (TPSA) is 20.2 Å². The molecule has 0 radical (unpaired) electrons. The molecule has 2 aromatic carbocycles. The second-order valence-electron chi connectivity index (χ2n) is 8.08. The van der Waals surface area contributed by atoms with E-state index in [1.807, 2.05) is 18.2 Å². The van der Waals surface area contributed by atoms with Gasteiger partial charge in [-0.2, -0.15) is 0 Å². The molecule has 0 spiro atoms. The largest absolute Gasteiger partial charge is 0.507 e. The number of aromatic hydroxyl groups is 1. The standard InChI is InChI=1S/C21H28O/c1-21(2,3)18-12-8-15(9-13-18)14-17-11-10-16-6-4-5-7-19(16)20(17)22/h4-7,10-11,15,18,22H,8-9,12-14H2,1-3H3. The lowest BCUT2D eigenvalue weighted by atomic mass is 9.69. The summed E-state index contributed by atoms with van der Waals surface area (Å²) in [7, 11) is 0. The van der Waals surface area contributed by atoms with Gasteiger partial charge in [0.05, 0.1) is 0 Å². The van der Waals surface area contributed by atoms with Gasteiger partial charge in [0, 0.05) is 5.39 Å². The molecule has 1 aliphatic carbocycles. The zero-order valence-electron chi connectivity index (χ0n) is 14.1. The summed E-state index contributed by atoms with van der Waals surface area (Å²) < 4.78 is 0. The summed E-state index contributed by atoms with van der Waals surface area (Å²) in [5.74, 6) is 2.08. The lowest BCUT2D eigenvalue weighted by molar-refractivity contribution is 0.149. The summed E-state index contributed by atoms with van der Waals surface area (Å²) in [5.41, 5.74) is 1.56. The third-order valence-corrected chi connectivity index (χ3v) is 5.56. The van der Waals surface area contributed by atoms with Gasteiger partial charge in [-0.1, -0.05) is 57.2 Å². The van der Waals surface area contributed by atoms with Gasteiger partial charge in [0.1, 0.15) is 5.75 Å². The van der Waals surface area contributed by atoms with E-state index in [2.05, 4.69) is 39.0 Å². The van der Waals surface area contributed by atoms with E-state index in [0.29, 0.717) is 11.2 Å². The molecule has 1 fully saturated rings. The van der Waals surface area contributed by atoms with Crippen molar-refractivity contribution in [1.29, 1.82) is 0 Å². The van der Waals surface area contributed by atoms with Gasteiger partial charge in [-0.25, -0.2) is 0 Å². The van der Waals surface area contributed by atoms with Gasteiger partial charge in [0.25, 0.3) is 0 Å². The fraction of sp³-hybridized carbons (Fsp3) is 0.524. The Labute approximate surface area is 134 Å². The highest BCUT2D eigenvalue weighted by molar-refractivity contribution is 5.89. The molecule has 1 saturated carbocycles. The highest BCUT2D eigenvalue weighted by Gasteiger charge is 2.29. The molecule has 0 atom stereocenters. The molecule has 0 heterocycles. The van der Waals surface area contributed by atoms with E-state index in [1.54, 1.807) is 0 Å². The van der Waals surface area contributed by atoms with Crippen LogP contribution in [0.25, 0.3) is 10.8 Å². The second-order valence-corrected chi connectivity index (χ2v) is 8.08. The Kier molecular flexibility index (Phi) is 4.16. The molecule has 1 aliphatic rings. The minimum atomic E-state index is 0.441. The Morgan fingerprint density at radius 2 is 1.64 bits per heavy atom. The smallest absolute Gasteiger partial charge is 0.126 e. The fourth-order valence-electron chi connectivity index (χ4n) is 4.01. The van der Waals surface area contributed by atoms with Crippen LogP contribution in [0.3, 0.4) is 0 Å². The maximum atomic E-state index is 10.6. The summed E-state index contributed by atoms with van der Waals surface area (Å²) in [5, 5.41) is 12.7. The Balaban J connectivity index is 1.71. The monoisotopic (exact) mass is 296 g/mol. The number of phenols is 1. The van der Waals surface area contributed by atoms with E-state index in [1.165, 1.54) is 25.7 Å². The van der Waals surface area contributed by atoms with E-state index < -0.39 is 0 Å². The molecule has 1 heteroatoms. The number of phenolic OH excluding ortho intramolecular Hbond substituents is 1. The van der Waals surface area contributed by atoms with Crippen molar-refractivity contribution in [2.45, 2.75) is 52.9 Å². The first kappa shape index (κ1) is 15.4. The van der Waals surface area contributed by atoms with Gasteiger partial charge in [-0.05, 0) is 60.3 Å². The zero-order valence-corrected chi connectivity index (χ0v) is 14.1. The molecule has 1 nitrogen and oxygen atoms in total. The number of rotatable bonds is 2. The third kappa shape index (κ3) is 3.14. The van der Waals surface area contributed by atoms with E-state index in [4.69, 9.17) is 0 Å². The van der Waals surface area contributed by atoms with Gasteiger partial charge in [-0.3, -0.25) is 0 Å². The fourth-order valence-corrected chi connectivity index (χ4v) is 4.01. The van der Waals surface area contributed by atoms with Crippen molar-refractivity contribution in [3.63, 3.8) is 0 Å². The van der Waals surface area contributed by atoms with Crippen LogP contribution in [0.5, 0.6) is 5.75 Å². The summed E-state index contributed by atoms with van der Waals surface area (Å²) >= 11 is 0. The molecule has 118 valence electrons. The van der Waals surface area contributed by atoms with E-state index in [9.17, 15) is 5.11 Å². The molecule has 0 bridgehead atoms. The average Bonchev–Trinajstić information content (AvgIpc) is 2.50. The van der Waals surface area contributed by atoms with Crippen molar-refractivity contribution in [3.05, 3.63) is 42.0 Å². The SMILES string of the molecule is CC(C)(C)C1CCC(Cc2ccc3ccccc3c2O)CC1. The molecule has 0 amide bonds. The van der Waals surface area contributed by atoms with Crippen LogP contribution in [-0.2, 0) is 6.42 Å². The van der Waals surface area contributed by atoms with Crippen molar-refractivity contribution in [1.82, 2.24) is 0 Å². The predicted octanol–water partition coefficient (Wildman–Crippen LogP) is 5.94. The molecule has 0 saturated heterocycles. The summed E-state index contributed by atoms with van der Waals surface area (Å²) in [6.07, 6.45) is 6.29. The molecular formula is C21H28O. The Bertz CT molecular complexity index is 642. The van der Waals surface area contributed by atoms with Gasteiger partial charge < -0.3 is 5.11 Å². The quantitative estimate of drug-likeness (QED) is 0.727. The van der Waals surface area contributed by atoms with Crippen LogP contribution >= 0.6 is 0 Å². The maximum Gasteiger partial charge on any atom is 0.126 e.